The van der Waals surface area contributed by atoms with E-state index in [0.29, 0.717) is 18.1 Å². The Labute approximate surface area is 130 Å². The summed E-state index contributed by atoms with van der Waals surface area (Å²) < 4.78 is 11.2. The minimum Gasteiger partial charge on any atom is -0.494 e. The fourth-order valence-electron chi connectivity index (χ4n) is 2.19. The summed E-state index contributed by atoms with van der Waals surface area (Å²) in [5.41, 5.74) is 1.73. The van der Waals surface area contributed by atoms with Gasteiger partial charge in [0.15, 0.2) is 6.10 Å². The van der Waals surface area contributed by atoms with Crippen LogP contribution in [-0.2, 0) is 11.2 Å². The molecule has 4 nitrogen and oxygen atoms in total. The van der Waals surface area contributed by atoms with E-state index in [9.17, 15) is 9.90 Å². The summed E-state index contributed by atoms with van der Waals surface area (Å²) >= 11 is 0. The summed E-state index contributed by atoms with van der Waals surface area (Å²) in [6.07, 6.45) is -0.706. The molecule has 0 aromatic heterocycles. The third-order valence-electron chi connectivity index (χ3n) is 3.32. The van der Waals surface area contributed by atoms with E-state index < -0.39 is 12.1 Å². The van der Waals surface area contributed by atoms with Crippen molar-refractivity contribution in [2.24, 2.45) is 0 Å². The van der Waals surface area contributed by atoms with Crippen molar-refractivity contribution in [3.05, 3.63) is 59.7 Å². The van der Waals surface area contributed by atoms with E-state index in [0.717, 1.165) is 11.1 Å². The van der Waals surface area contributed by atoms with Crippen LogP contribution in [0.4, 0.5) is 0 Å². The van der Waals surface area contributed by atoms with E-state index >= 15 is 0 Å². The Bertz CT molecular complexity index is 636. The number of carboxylic acids is 1. The predicted octanol–water partition coefficient (Wildman–Crippen LogP) is 3.47. The van der Waals surface area contributed by atoms with Crippen molar-refractivity contribution in [3.63, 3.8) is 0 Å². The molecule has 0 aliphatic rings. The van der Waals surface area contributed by atoms with Gasteiger partial charge in [0, 0.05) is 6.42 Å². The quantitative estimate of drug-likeness (QED) is 0.850. The molecule has 22 heavy (non-hydrogen) atoms. The molecule has 1 N–H and O–H groups in total. The van der Waals surface area contributed by atoms with Gasteiger partial charge in [0.1, 0.15) is 11.5 Å². The van der Waals surface area contributed by atoms with Gasteiger partial charge in [-0.2, -0.15) is 0 Å². The first-order valence-corrected chi connectivity index (χ1v) is 7.27. The second kappa shape index (κ2) is 7.50. The molecule has 0 radical (unpaired) electrons. The Morgan fingerprint density at radius 2 is 1.73 bits per heavy atom. The molecule has 0 saturated heterocycles. The molecular weight excluding hydrogens is 280 g/mol. The Morgan fingerprint density at radius 3 is 2.36 bits per heavy atom. The van der Waals surface area contributed by atoms with Crippen molar-refractivity contribution in [2.75, 3.05) is 6.61 Å². The van der Waals surface area contributed by atoms with E-state index in [-0.39, 0.29) is 6.42 Å². The largest absolute Gasteiger partial charge is 0.494 e. The molecule has 0 spiro atoms. The van der Waals surface area contributed by atoms with Gasteiger partial charge in [-0.25, -0.2) is 4.79 Å². The minimum absolute atomic E-state index is 0.250. The monoisotopic (exact) mass is 300 g/mol. The molecule has 2 aromatic carbocycles. The zero-order chi connectivity index (χ0) is 15.9. The van der Waals surface area contributed by atoms with E-state index in [1.807, 2.05) is 56.3 Å². The number of carbonyl (C=O) groups is 1. The Morgan fingerprint density at radius 1 is 1.09 bits per heavy atom. The smallest absolute Gasteiger partial charge is 0.345 e. The first kappa shape index (κ1) is 15.9. The third kappa shape index (κ3) is 4.01. The number of carboxylic acid groups (broad SMARTS) is 1. The van der Waals surface area contributed by atoms with Crippen LogP contribution in [0.5, 0.6) is 11.5 Å². The summed E-state index contributed by atoms with van der Waals surface area (Å²) in [7, 11) is 0. The van der Waals surface area contributed by atoms with Crippen LogP contribution >= 0.6 is 0 Å². The van der Waals surface area contributed by atoms with Crippen LogP contribution in [0.1, 0.15) is 18.1 Å². The molecule has 2 aromatic rings. The van der Waals surface area contributed by atoms with Crippen LogP contribution < -0.4 is 9.47 Å². The summed E-state index contributed by atoms with van der Waals surface area (Å²) in [6.45, 7) is 4.32. The normalized spacial score (nSPS) is 11.7. The summed E-state index contributed by atoms with van der Waals surface area (Å²) in [6, 6.07) is 14.8. The van der Waals surface area contributed by atoms with Crippen LogP contribution in [0.3, 0.4) is 0 Å². The topological polar surface area (TPSA) is 55.8 Å². The lowest BCUT2D eigenvalue weighted by Crippen LogP contribution is -2.29. The number of aryl methyl sites for hydroxylation is 1. The highest BCUT2D eigenvalue weighted by Crippen LogP contribution is 2.23. The van der Waals surface area contributed by atoms with Crippen molar-refractivity contribution in [3.8, 4) is 11.5 Å². The number of para-hydroxylation sites is 2. The molecule has 0 amide bonds. The number of hydrogen-bond acceptors (Lipinski definition) is 3. The molecule has 4 heteroatoms. The van der Waals surface area contributed by atoms with E-state index in [1.54, 1.807) is 6.07 Å². The third-order valence-corrected chi connectivity index (χ3v) is 3.32. The maximum absolute atomic E-state index is 11.5. The van der Waals surface area contributed by atoms with Crippen molar-refractivity contribution in [1.29, 1.82) is 0 Å². The highest BCUT2D eigenvalue weighted by molar-refractivity contribution is 5.73. The molecule has 0 saturated carbocycles. The van der Waals surface area contributed by atoms with Crippen molar-refractivity contribution >= 4 is 5.97 Å². The van der Waals surface area contributed by atoms with Crippen LogP contribution in [0.2, 0.25) is 0 Å². The van der Waals surface area contributed by atoms with Gasteiger partial charge in [-0.05, 0) is 37.1 Å². The number of benzene rings is 2. The molecule has 1 atom stereocenters. The Balaban J connectivity index is 2.20. The van der Waals surface area contributed by atoms with Gasteiger partial charge >= 0.3 is 5.97 Å². The van der Waals surface area contributed by atoms with Crippen molar-refractivity contribution < 1.29 is 19.4 Å². The zero-order valence-electron chi connectivity index (χ0n) is 12.8. The summed E-state index contributed by atoms with van der Waals surface area (Å²) in [5.74, 6) is 0.294. The fraction of sp³-hybridized carbons (Fsp3) is 0.278. The van der Waals surface area contributed by atoms with Gasteiger partial charge in [-0.3, -0.25) is 0 Å². The second-order valence-corrected chi connectivity index (χ2v) is 4.96. The first-order chi connectivity index (χ1) is 10.6. The van der Waals surface area contributed by atoms with Gasteiger partial charge in [0.05, 0.1) is 6.61 Å². The standard InChI is InChI=1S/C18H20O4/c1-3-21-16-11-7-5-9-14(16)12-17(18(19)20)22-15-10-6-4-8-13(15)2/h4-11,17H,3,12H2,1-2H3,(H,19,20). The molecule has 0 aliphatic carbocycles. The average Bonchev–Trinajstić information content (AvgIpc) is 2.50. The first-order valence-electron chi connectivity index (χ1n) is 7.27. The molecule has 0 bridgehead atoms. The van der Waals surface area contributed by atoms with E-state index in [1.165, 1.54) is 0 Å². The lowest BCUT2D eigenvalue weighted by atomic mass is 10.1. The lowest BCUT2D eigenvalue weighted by molar-refractivity contribution is -0.145. The maximum atomic E-state index is 11.5. The van der Waals surface area contributed by atoms with E-state index in [2.05, 4.69) is 0 Å². The fourth-order valence-corrected chi connectivity index (χ4v) is 2.19. The van der Waals surface area contributed by atoms with Gasteiger partial charge < -0.3 is 14.6 Å². The van der Waals surface area contributed by atoms with Gasteiger partial charge in [-0.15, -0.1) is 0 Å². The number of hydrogen-bond donors (Lipinski definition) is 1. The molecule has 116 valence electrons. The van der Waals surface area contributed by atoms with Crippen molar-refractivity contribution in [1.82, 2.24) is 0 Å². The summed E-state index contributed by atoms with van der Waals surface area (Å²) in [4.78, 5) is 11.5. The number of ether oxygens (including phenoxy) is 2. The highest BCUT2D eigenvalue weighted by Gasteiger charge is 2.22. The average molecular weight is 300 g/mol. The minimum atomic E-state index is -0.991. The molecular formula is C18H20O4. The second-order valence-electron chi connectivity index (χ2n) is 4.96. The molecule has 2 rings (SSSR count). The van der Waals surface area contributed by atoms with Crippen molar-refractivity contribution in [2.45, 2.75) is 26.4 Å². The van der Waals surface area contributed by atoms with E-state index in [4.69, 9.17) is 9.47 Å². The van der Waals surface area contributed by atoms with Gasteiger partial charge in [0.2, 0.25) is 0 Å². The van der Waals surface area contributed by atoms with Crippen LogP contribution in [0, 0.1) is 6.92 Å². The number of rotatable bonds is 7. The SMILES string of the molecule is CCOc1ccccc1CC(Oc1ccccc1C)C(=O)O. The van der Waals surface area contributed by atoms with Gasteiger partial charge in [-0.1, -0.05) is 36.4 Å². The Hall–Kier alpha value is -2.49. The zero-order valence-corrected chi connectivity index (χ0v) is 12.8. The molecule has 1 unspecified atom stereocenters. The lowest BCUT2D eigenvalue weighted by Gasteiger charge is -2.18. The molecule has 0 fully saturated rings. The van der Waals surface area contributed by atoms with Crippen LogP contribution in [0.25, 0.3) is 0 Å². The summed E-state index contributed by atoms with van der Waals surface area (Å²) in [5, 5.41) is 9.44. The predicted molar refractivity (Wildman–Crippen MR) is 84.5 cm³/mol. The van der Waals surface area contributed by atoms with Crippen LogP contribution in [-0.4, -0.2) is 23.8 Å². The molecule has 0 aliphatic heterocycles. The highest BCUT2D eigenvalue weighted by atomic mass is 16.5. The maximum Gasteiger partial charge on any atom is 0.345 e. The van der Waals surface area contributed by atoms with Gasteiger partial charge in [0.25, 0.3) is 0 Å². The molecule has 0 heterocycles. The number of aliphatic carboxylic acids is 1. The van der Waals surface area contributed by atoms with Crippen LogP contribution in [0.15, 0.2) is 48.5 Å². The Kier molecular flexibility index (Phi) is 5.42.